The standard InChI is InChI=1S/C16H12Br3ClN2O2/c17-10-3-9(4-11(18)7-10)16(24)22-14(15(21)23)6-8-5-12(20)1-2-13(8)19/h1-5,7,14H,6H2,(H2,21,23)(H,22,24)/t14-/m0/s1. The Morgan fingerprint density at radius 3 is 2.29 bits per heavy atom. The summed E-state index contributed by atoms with van der Waals surface area (Å²) in [5.41, 5.74) is 6.63. The average molecular weight is 539 g/mol. The summed E-state index contributed by atoms with van der Waals surface area (Å²) < 4.78 is 2.28. The number of carbonyl (C=O) groups excluding carboxylic acids is 2. The van der Waals surface area contributed by atoms with Crippen LogP contribution in [-0.4, -0.2) is 17.9 Å². The second kappa shape index (κ2) is 8.47. The van der Waals surface area contributed by atoms with Crippen molar-refractivity contribution >= 4 is 71.2 Å². The van der Waals surface area contributed by atoms with Gasteiger partial charge in [-0.1, -0.05) is 59.4 Å². The number of amides is 2. The number of hydrogen-bond donors (Lipinski definition) is 2. The molecule has 0 heterocycles. The summed E-state index contributed by atoms with van der Waals surface area (Å²) in [6, 6.07) is 9.51. The second-order valence-electron chi connectivity index (χ2n) is 5.03. The fourth-order valence-electron chi connectivity index (χ4n) is 2.07. The number of halogens is 4. The Kier molecular flexibility index (Phi) is 6.86. The van der Waals surface area contributed by atoms with Crippen LogP contribution in [0, 0.1) is 0 Å². The maximum absolute atomic E-state index is 12.4. The first kappa shape index (κ1) is 19.4. The molecule has 0 aliphatic rings. The average Bonchev–Trinajstić information content (AvgIpc) is 2.48. The van der Waals surface area contributed by atoms with Gasteiger partial charge in [0.1, 0.15) is 6.04 Å². The number of primary amides is 1. The van der Waals surface area contributed by atoms with E-state index in [-0.39, 0.29) is 12.3 Å². The van der Waals surface area contributed by atoms with E-state index in [1.807, 2.05) is 6.07 Å². The van der Waals surface area contributed by atoms with Crippen LogP contribution in [0.4, 0.5) is 0 Å². The van der Waals surface area contributed by atoms with Gasteiger partial charge in [0, 0.05) is 30.4 Å². The number of hydrogen-bond acceptors (Lipinski definition) is 2. The summed E-state index contributed by atoms with van der Waals surface area (Å²) in [6.07, 6.45) is 0.234. The molecule has 0 saturated heterocycles. The maximum atomic E-state index is 12.4. The van der Waals surface area contributed by atoms with E-state index in [4.69, 9.17) is 17.3 Å². The van der Waals surface area contributed by atoms with E-state index in [9.17, 15) is 9.59 Å². The number of nitrogens with two attached hydrogens (primary N) is 1. The first-order chi connectivity index (χ1) is 11.3. The minimum Gasteiger partial charge on any atom is -0.368 e. The zero-order valence-corrected chi connectivity index (χ0v) is 17.7. The van der Waals surface area contributed by atoms with E-state index in [1.54, 1.807) is 30.3 Å². The van der Waals surface area contributed by atoms with Gasteiger partial charge >= 0.3 is 0 Å². The molecule has 0 fully saturated rings. The van der Waals surface area contributed by atoms with Crippen LogP contribution in [0.2, 0.25) is 5.02 Å². The predicted octanol–water partition coefficient (Wildman–Crippen LogP) is 4.45. The Balaban J connectivity index is 2.20. The van der Waals surface area contributed by atoms with Crippen LogP contribution < -0.4 is 11.1 Å². The van der Waals surface area contributed by atoms with Gasteiger partial charge < -0.3 is 11.1 Å². The van der Waals surface area contributed by atoms with E-state index in [2.05, 4.69) is 53.1 Å². The molecule has 0 spiro atoms. The molecular weight excluding hydrogens is 527 g/mol. The molecule has 0 radical (unpaired) electrons. The Hall–Kier alpha value is -0.890. The van der Waals surface area contributed by atoms with Gasteiger partial charge in [0.25, 0.3) is 5.91 Å². The van der Waals surface area contributed by atoms with Crippen molar-refractivity contribution in [3.63, 3.8) is 0 Å². The topological polar surface area (TPSA) is 72.2 Å². The van der Waals surface area contributed by atoms with Crippen LogP contribution in [0.5, 0.6) is 0 Å². The summed E-state index contributed by atoms with van der Waals surface area (Å²) in [5, 5.41) is 3.20. The first-order valence-corrected chi connectivity index (χ1v) is 9.52. The van der Waals surface area contributed by atoms with E-state index in [0.29, 0.717) is 10.6 Å². The highest BCUT2D eigenvalue weighted by molar-refractivity contribution is 9.11. The zero-order chi connectivity index (χ0) is 17.9. The lowest BCUT2D eigenvalue weighted by molar-refractivity contribution is -0.119. The third-order valence-corrected chi connectivity index (χ3v) is 5.13. The summed E-state index contributed by atoms with van der Waals surface area (Å²) in [7, 11) is 0. The van der Waals surface area contributed by atoms with Crippen LogP contribution in [-0.2, 0) is 11.2 Å². The molecule has 0 aliphatic heterocycles. The van der Waals surface area contributed by atoms with Crippen LogP contribution in [0.1, 0.15) is 15.9 Å². The number of carbonyl (C=O) groups is 2. The van der Waals surface area contributed by atoms with E-state index < -0.39 is 11.9 Å². The SMILES string of the molecule is NC(=O)[C@H](Cc1cc(Cl)ccc1Br)NC(=O)c1cc(Br)cc(Br)c1. The van der Waals surface area contributed by atoms with Gasteiger partial charge in [-0.3, -0.25) is 9.59 Å². The molecule has 4 nitrogen and oxygen atoms in total. The van der Waals surface area contributed by atoms with Crippen molar-refractivity contribution in [1.82, 2.24) is 5.32 Å². The van der Waals surface area contributed by atoms with Crippen LogP contribution >= 0.6 is 59.4 Å². The van der Waals surface area contributed by atoms with Crippen molar-refractivity contribution in [2.75, 3.05) is 0 Å². The monoisotopic (exact) mass is 536 g/mol. The van der Waals surface area contributed by atoms with Gasteiger partial charge in [-0.2, -0.15) is 0 Å². The molecule has 0 bridgehead atoms. The lowest BCUT2D eigenvalue weighted by atomic mass is 10.0. The maximum Gasteiger partial charge on any atom is 0.252 e. The summed E-state index contributed by atoms with van der Waals surface area (Å²) in [5.74, 6) is -1.01. The van der Waals surface area contributed by atoms with E-state index in [0.717, 1.165) is 19.0 Å². The Morgan fingerprint density at radius 2 is 1.71 bits per heavy atom. The van der Waals surface area contributed by atoms with Gasteiger partial charge in [-0.15, -0.1) is 0 Å². The first-order valence-electron chi connectivity index (χ1n) is 6.76. The predicted molar refractivity (Wildman–Crippen MR) is 105 cm³/mol. The molecule has 1 atom stereocenters. The number of rotatable bonds is 5. The number of nitrogens with one attached hydrogen (secondary N) is 1. The van der Waals surface area contributed by atoms with Gasteiger partial charge in [0.05, 0.1) is 0 Å². The molecule has 0 aliphatic carbocycles. The molecule has 126 valence electrons. The number of benzene rings is 2. The van der Waals surface area contributed by atoms with Crippen molar-refractivity contribution in [1.29, 1.82) is 0 Å². The highest BCUT2D eigenvalue weighted by Gasteiger charge is 2.21. The normalized spacial score (nSPS) is 11.8. The Bertz CT molecular complexity index is 779. The van der Waals surface area contributed by atoms with Crippen molar-refractivity contribution in [3.8, 4) is 0 Å². The summed E-state index contributed by atoms with van der Waals surface area (Å²) in [4.78, 5) is 24.1. The van der Waals surface area contributed by atoms with Crippen LogP contribution in [0.25, 0.3) is 0 Å². The largest absolute Gasteiger partial charge is 0.368 e. The molecule has 0 unspecified atom stereocenters. The lowest BCUT2D eigenvalue weighted by Crippen LogP contribution is -2.45. The van der Waals surface area contributed by atoms with Crippen LogP contribution in [0.15, 0.2) is 49.8 Å². The Labute approximate surface area is 169 Å². The zero-order valence-electron chi connectivity index (χ0n) is 12.2. The molecule has 3 N–H and O–H groups in total. The highest BCUT2D eigenvalue weighted by Crippen LogP contribution is 2.23. The van der Waals surface area contributed by atoms with Gasteiger partial charge in [0.2, 0.25) is 5.91 Å². The molecular formula is C16H12Br3ClN2O2. The second-order valence-corrected chi connectivity index (χ2v) is 8.15. The van der Waals surface area contributed by atoms with E-state index in [1.165, 1.54) is 0 Å². The molecule has 2 aromatic carbocycles. The van der Waals surface area contributed by atoms with Crippen molar-refractivity contribution in [3.05, 3.63) is 66.0 Å². The molecule has 2 aromatic rings. The quantitative estimate of drug-likeness (QED) is 0.590. The third kappa shape index (κ3) is 5.31. The van der Waals surface area contributed by atoms with Crippen molar-refractivity contribution in [2.45, 2.75) is 12.5 Å². The lowest BCUT2D eigenvalue weighted by Gasteiger charge is -2.17. The summed E-state index contributed by atoms with van der Waals surface area (Å²) in [6.45, 7) is 0. The highest BCUT2D eigenvalue weighted by atomic mass is 79.9. The smallest absolute Gasteiger partial charge is 0.252 e. The molecule has 2 rings (SSSR count). The minimum atomic E-state index is -0.856. The van der Waals surface area contributed by atoms with Crippen LogP contribution in [0.3, 0.4) is 0 Å². The third-order valence-electron chi connectivity index (χ3n) is 3.21. The minimum absolute atomic E-state index is 0.234. The van der Waals surface area contributed by atoms with Crippen molar-refractivity contribution in [2.24, 2.45) is 5.73 Å². The molecule has 0 aromatic heterocycles. The van der Waals surface area contributed by atoms with Gasteiger partial charge in [-0.25, -0.2) is 0 Å². The van der Waals surface area contributed by atoms with E-state index >= 15 is 0 Å². The molecule has 0 saturated carbocycles. The fourth-order valence-corrected chi connectivity index (χ4v) is 3.97. The summed E-state index contributed by atoms with van der Waals surface area (Å²) >= 11 is 16.0. The fraction of sp³-hybridized carbons (Fsp3) is 0.125. The molecule has 24 heavy (non-hydrogen) atoms. The molecule has 2 amide bonds. The Morgan fingerprint density at radius 1 is 1.08 bits per heavy atom. The van der Waals surface area contributed by atoms with Gasteiger partial charge in [0.15, 0.2) is 0 Å². The van der Waals surface area contributed by atoms with Gasteiger partial charge in [-0.05, 0) is 42.0 Å². The van der Waals surface area contributed by atoms with Crippen molar-refractivity contribution < 1.29 is 9.59 Å². The molecule has 8 heteroatoms.